The van der Waals surface area contributed by atoms with E-state index in [1.807, 2.05) is 0 Å². The highest BCUT2D eigenvalue weighted by Crippen LogP contribution is 2.04. The molecule has 7 nitrogen and oxygen atoms in total. The lowest BCUT2D eigenvalue weighted by molar-refractivity contribution is -0.141. The molecule has 0 aromatic carbocycles. The number of hydrogen-bond donors (Lipinski definition) is 2. The maximum atomic E-state index is 11.4. The summed E-state index contributed by atoms with van der Waals surface area (Å²) in [6, 6.07) is 0. The van der Waals surface area contributed by atoms with Gasteiger partial charge in [0.05, 0.1) is 12.5 Å². The molecule has 0 rings (SSSR count). The van der Waals surface area contributed by atoms with Crippen molar-refractivity contribution in [3.05, 3.63) is 0 Å². The predicted octanol–water partition coefficient (Wildman–Crippen LogP) is -0.0302. The van der Waals surface area contributed by atoms with Crippen LogP contribution in [0.3, 0.4) is 0 Å². The number of rotatable bonds is 9. The fourth-order valence-corrected chi connectivity index (χ4v) is 2.12. The van der Waals surface area contributed by atoms with E-state index in [-0.39, 0.29) is 13.2 Å². The molecule has 0 aliphatic heterocycles. The van der Waals surface area contributed by atoms with E-state index in [9.17, 15) is 18.0 Å². The molecule has 0 radical (unpaired) electrons. The second-order valence-electron chi connectivity index (χ2n) is 3.84. The highest BCUT2D eigenvalue weighted by Gasteiger charge is 2.17. The van der Waals surface area contributed by atoms with Gasteiger partial charge < -0.3 is 9.84 Å². The molecule has 106 valence electrons. The molecule has 1 atom stereocenters. The molecule has 0 aromatic heterocycles. The number of carboxylic acid groups (broad SMARTS) is 1. The normalized spacial score (nSPS) is 13.0. The molecule has 0 saturated heterocycles. The zero-order chi connectivity index (χ0) is 14.2. The van der Waals surface area contributed by atoms with E-state index in [0.717, 1.165) is 0 Å². The van der Waals surface area contributed by atoms with E-state index in [1.165, 1.54) is 0 Å². The van der Waals surface area contributed by atoms with Crippen LogP contribution in [-0.4, -0.2) is 44.4 Å². The SMILES string of the molecule is CCOC(=O)CS(=O)(=O)NCCCC(C)C(=O)O. The lowest BCUT2D eigenvalue weighted by Crippen LogP contribution is -2.32. The van der Waals surface area contributed by atoms with Gasteiger partial charge in [-0.05, 0) is 19.8 Å². The van der Waals surface area contributed by atoms with Gasteiger partial charge in [0.1, 0.15) is 0 Å². The van der Waals surface area contributed by atoms with Crippen LogP contribution < -0.4 is 4.72 Å². The van der Waals surface area contributed by atoms with Gasteiger partial charge >= 0.3 is 11.9 Å². The first-order valence-electron chi connectivity index (χ1n) is 5.64. The van der Waals surface area contributed by atoms with E-state index >= 15 is 0 Å². The maximum Gasteiger partial charge on any atom is 0.322 e. The van der Waals surface area contributed by atoms with Crippen LogP contribution in [0.15, 0.2) is 0 Å². The van der Waals surface area contributed by atoms with E-state index in [4.69, 9.17) is 5.11 Å². The van der Waals surface area contributed by atoms with E-state index in [2.05, 4.69) is 9.46 Å². The predicted molar refractivity (Wildman–Crippen MR) is 64.5 cm³/mol. The summed E-state index contributed by atoms with van der Waals surface area (Å²) < 4.78 is 29.5. The third kappa shape index (κ3) is 8.02. The zero-order valence-corrected chi connectivity index (χ0v) is 11.3. The molecule has 0 amide bonds. The van der Waals surface area contributed by atoms with Crippen LogP contribution >= 0.6 is 0 Å². The van der Waals surface area contributed by atoms with Crippen molar-refractivity contribution in [3.63, 3.8) is 0 Å². The van der Waals surface area contributed by atoms with Crippen molar-refractivity contribution >= 4 is 22.0 Å². The van der Waals surface area contributed by atoms with E-state index < -0.39 is 33.6 Å². The molecule has 8 heteroatoms. The van der Waals surface area contributed by atoms with Crippen molar-refractivity contribution in [1.29, 1.82) is 0 Å². The first kappa shape index (κ1) is 16.9. The summed E-state index contributed by atoms with van der Waals surface area (Å²) in [6.07, 6.45) is 0.771. The Balaban J connectivity index is 3.91. The minimum absolute atomic E-state index is 0.110. The lowest BCUT2D eigenvalue weighted by Gasteiger charge is -2.08. The van der Waals surface area contributed by atoms with Gasteiger partial charge in [-0.15, -0.1) is 0 Å². The summed E-state index contributed by atoms with van der Waals surface area (Å²) in [7, 11) is -3.69. The molecule has 0 bridgehead atoms. The van der Waals surface area contributed by atoms with Gasteiger partial charge in [0, 0.05) is 6.54 Å². The standard InChI is InChI=1S/C10H19NO6S/c1-3-17-9(12)7-18(15,16)11-6-4-5-8(2)10(13)14/h8,11H,3-7H2,1-2H3,(H,13,14). The highest BCUT2D eigenvalue weighted by molar-refractivity contribution is 7.90. The number of carbonyl (C=O) groups excluding carboxylic acids is 1. The summed E-state index contributed by atoms with van der Waals surface area (Å²) in [6.45, 7) is 3.38. The summed E-state index contributed by atoms with van der Waals surface area (Å²) >= 11 is 0. The molecule has 0 aromatic rings. The van der Waals surface area contributed by atoms with Gasteiger partial charge in [-0.25, -0.2) is 13.1 Å². The van der Waals surface area contributed by atoms with Crippen LogP contribution in [0.2, 0.25) is 0 Å². The largest absolute Gasteiger partial charge is 0.481 e. The molecule has 0 aliphatic carbocycles. The van der Waals surface area contributed by atoms with Crippen LogP contribution in [0, 0.1) is 5.92 Å². The van der Waals surface area contributed by atoms with Crippen LogP contribution in [-0.2, 0) is 24.3 Å². The minimum Gasteiger partial charge on any atom is -0.481 e. The van der Waals surface area contributed by atoms with Gasteiger partial charge in [0.25, 0.3) is 0 Å². The molecule has 18 heavy (non-hydrogen) atoms. The fourth-order valence-electron chi connectivity index (χ4n) is 1.17. The van der Waals surface area contributed by atoms with Crippen molar-refractivity contribution in [2.24, 2.45) is 5.92 Å². The molecule has 1 unspecified atom stereocenters. The molecular weight excluding hydrogens is 262 g/mol. The Kier molecular flexibility index (Phi) is 7.53. The van der Waals surface area contributed by atoms with Crippen molar-refractivity contribution in [2.75, 3.05) is 18.9 Å². The van der Waals surface area contributed by atoms with Crippen LogP contribution in [0.5, 0.6) is 0 Å². The van der Waals surface area contributed by atoms with Crippen molar-refractivity contribution < 1.29 is 27.9 Å². The average molecular weight is 281 g/mol. The van der Waals surface area contributed by atoms with Crippen molar-refractivity contribution in [1.82, 2.24) is 4.72 Å². The summed E-state index contributed by atoms with van der Waals surface area (Å²) in [5, 5.41) is 8.62. The van der Waals surface area contributed by atoms with Crippen LogP contribution in [0.4, 0.5) is 0 Å². The topological polar surface area (TPSA) is 110 Å². The Morgan fingerprint density at radius 3 is 2.50 bits per heavy atom. The summed E-state index contributed by atoms with van der Waals surface area (Å²) in [4.78, 5) is 21.5. The number of hydrogen-bond acceptors (Lipinski definition) is 5. The second kappa shape index (κ2) is 8.04. The number of aliphatic carboxylic acids is 1. The first-order valence-corrected chi connectivity index (χ1v) is 7.29. The number of sulfonamides is 1. The van der Waals surface area contributed by atoms with Gasteiger partial charge in [-0.2, -0.15) is 0 Å². The number of carboxylic acids is 1. The summed E-state index contributed by atoms with van der Waals surface area (Å²) in [5.74, 6) is -2.94. The molecule has 2 N–H and O–H groups in total. The molecule has 0 spiro atoms. The number of carbonyl (C=O) groups is 2. The number of esters is 1. The quantitative estimate of drug-likeness (QED) is 0.453. The molecule has 0 heterocycles. The smallest absolute Gasteiger partial charge is 0.322 e. The van der Waals surface area contributed by atoms with Crippen molar-refractivity contribution in [3.8, 4) is 0 Å². The van der Waals surface area contributed by atoms with Crippen molar-refractivity contribution in [2.45, 2.75) is 26.7 Å². The van der Waals surface area contributed by atoms with E-state index in [0.29, 0.717) is 12.8 Å². The third-order valence-corrected chi connectivity index (χ3v) is 3.43. The number of nitrogens with one attached hydrogen (secondary N) is 1. The Hall–Kier alpha value is -1.15. The van der Waals surface area contributed by atoms with Gasteiger partial charge in [0.15, 0.2) is 5.75 Å². The van der Waals surface area contributed by atoms with Crippen LogP contribution in [0.1, 0.15) is 26.7 Å². The van der Waals surface area contributed by atoms with Gasteiger partial charge in [-0.3, -0.25) is 9.59 Å². The third-order valence-electron chi connectivity index (χ3n) is 2.17. The molecule has 0 saturated carbocycles. The monoisotopic (exact) mass is 281 g/mol. The number of ether oxygens (including phenoxy) is 1. The molecule has 0 fully saturated rings. The average Bonchev–Trinajstić information content (AvgIpc) is 2.23. The zero-order valence-electron chi connectivity index (χ0n) is 10.5. The Bertz CT molecular complexity index is 378. The second-order valence-corrected chi connectivity index (χ2v) is 5.65. The van der Waals surface area contributed by atoms with Crippen LogP contribution in [0.25, 0.3) is 0 Å². The highest BCUT2D eigenvalue weighted by atomic mass is 32.2. The lowest BCUT2D eigenvalue weighted by atomic mass is 10.1. The Labute approximate surface area is 107 Å². The Morgan fingerprint density at radius 1 is 1.39 bits per heavy atom. The molecule has 0 aliphatic rings. The summed E-state index contributed by atoms with van der Waals surface area (Å²) in [5.41, 5.74) is 0. The molecular formula is C10H19NO6S. The van der Waals surface area contributed by atoms with Gasteiger partial charge in [-0.1, -0.05) is 6.92 Å². The first-order chi connectivity index (χ1) is 8.28. The Morgan fingerprint density at radius 2 is 2.00 bits per heavy atom. The fraction of sp³-hybridized carbons (Fsp3) is 0.800. The van der Waals surface area contributed by atoms with E-state index in [1.54, 1.807) is 13.8 Å². The minimum atomic E-state index is -3.69. The maximum absolute atomic E-state index is 11.4. The van der Waals surface area contributed by atoms with Gasteiger partial charge in [0.2, 0.25) is 10.0 Å².